The standard InChI is InChI=1S/C14H19BrN2O3/c15-6-1-11-20-13-4-2-12(3-5-13)16-7-9-17(10-8-16)14(18)19/h2-5H,1,6-11H2,(H,18,19). The van der Waals surface area contributed by atoms with Crippen molar-refractivity contribution in [3.8, 4) is 5.75 Å². The van der Waals surface area contributed by atoms with Crippen LogP contribution in [0.3, 0.4) is 0 Å². The SMILES string of the molecule is O=C(O)N1CCN(c2ccc(OCCCBr)cc2)CC1. The van der Waals surface area contributed by atoms with E-state index in [1.165, 1.54) is 4.90 Å². The molecule has 1 fully saturated rings. The second-order valence-corrected chi connectivity index (χ2v) is 5.43. The third-order valence-electron chi connectivity index (χ3n) is 3.30. The van der Waals surface area contributed by atoms with Gasteiger partial charge >= 0.3 is 6.09 Å². The molecule has 20 heavy (non-hydrogen) atoms. The maximum atomic E-state index is 10.9. The number of carboxylic acid groups (broad SMARTS) is 1. The number of rotatable bonds is 5. The van der Waals surface area contributed by atoms with Crippen molar-refractivity contribution in [1.29, 1.82) is 0 Å². The molecule has 0 aromatic heterocycles. The molecular weight excluding hydrogens is 324 g/mol. The topological polar surface area (TPSA) is 53.0 Å². The number of hydrogen-bond donors (Lipinski definition) is 1. The molecule has 1 amide bonds. The predicted molar refractivity (Wildman–Crippen MR) is 82.2 cm³/mol. The Labute approximate surface area is 127 Å². The molecule has 0 aliphatic carbocycles. The number of nitrogens with zero attached hydrogens (tertiary/aromatic N) is 2. The van der Waals surface area contributed by atoms with Gasteiger partial charge < -0.3 is 19.6 Å². The number of amides is 1. The van der Waals surface area contributed by atoms with E-state index in [2.05, 4.69) is 20.8 Å². The lowest BCUT2D eigenvalue weighted by Crippen LogP contribution is -2.48. The lowest BCUT2D eigenvalue weighted by Gasteiger charge is -2.34. The van der Waals surface area contributed by atoms with Crippen molar-refractivity contribution < 1.29 is 14.6 Å². The van der Waals surface area contributed by atoms with Gasteiger partial charge in [0.05, 0.1) is 6.61 Å². The van der Waals surface area contributed by atoms with Crippen LogP contribution in [0, 0.1) is 0 Å². The molecule has 1 aliphatic heterocycles. The predicted octanol–water partition coefficient (Wildman–Crippen LogP) is 2.65. The van der Waals surface area contributed by atoms with E-state index >= 15 is 0 Å². The molecule has 0 radical (unpaired) electrons. The number of halogens is 1. The third kappa shape index (κ3) is 4.03. The van der Waals surface area contributed by atoms with E-state index in [4.69, 9.17) is 9.84 Å². The molecular formula is C14H19BrN2O3. The quantitative estimate of drug-likeness (QED) is 0.660. The van der Waals surface area contributed by atoms with Crippen molar-refractivity contribution in [2.75, 3.05) is 43.0 Å². The zero-order chi connectivity index (χ0) is 14.4. The van der Waals surface area contributed by atoms with Gasteiger partial charge in [0, 0.05) is 37.2 Å². The van der Waals surface area contributed by atoms with Gasteiger partial charge in [0.2, 0.25) is 0 Å². The van der Waals surface area contributed by atoms with Gasteiger partial charge in [0.1, 0.15) is 5.75 Å². The molecule has 0 spiro atoms. The summed E-state index contributed by atoms with van der Waals surface area (Å²) < 4.78 is 5.60. The summed E-state index contributed by atoms with van der Waals surface area (Å²) in [5, 5.41) is 9.87. The molecule has 1 aromatic rings. The van der Waals surface area contributed by atoms with Crippen LogP contribution in [0.25, 0.3) is 0 Å². The molecule has 1 aliphatic rings. The van der Waals surface area contributed by atoms with E-state index in [1.54, 1.807) is 0 Å². The van der Waals surface area contributed by atoms with Gasteiger partial charge in [0.25, 0.3) is 0 Å². The minimum atomic E-state index is -0.833. The van der Waals surface area contributed by atoms with Gasteiger partial charge in [-0.05, 0) is 30.7 Å². The number of hydrogen-bond acceptors (Lipinski definition) is 3. The highest BCUT2D eigenvalue weighted by atomic mass is 79.9. The van der Waals surface area contributed by atoms with Crippen LogP contribution in [0.4, 0.5) is 10.5 Å². The van der Waals surface area contributed by atoms with Crippen LogP contribution >= 0.6 is 15.9 Å². The van der Waals surface area contributed by atoms with Crippen LogP contribution in [0.5, 0.6) is 5.75 Å². The first-order valence-corrected chi connectivity index (χ1v) is 7.84. The van der Waals surface area contributed by atoms with Gasteiger partial charge in [-0.15, -0.1) is 0 Å². The van der Waals surface area contributed by atoms with E-state index < -0.39 is 6.09 Å². The molecule has 0 atom stereocenters. The zero-order valence-electron chi connectivity index (χ0n) is 11.3. The molecule has 110 valence electrons. The Morgan fingerprint density at radius 2 is 1.85 bits per heavy atom. The number of ether oxygens (including phenoxy) is 1. The van der Waals surface area contributed by atoms with Crippen molar-refractivity contribution >= 4 is 27.7 Å². The fraction of sp³-hybridized carbons (Fsp3) is 0.500. The van der Waals surface area contributed by atoms with Crippen LogP contribution in [0.15, 0.2) is 24.3 Å². The van der Waals surface area contributed by atoms with E-state index in [9.17, 15) is 4.79 Å². The molecule has 0 saturated carbocycles. The number of piperazine rings is 1. The molecule has 0 unspecified atom stereocenters. The summed E-state index contributed by atoms with van der Waals surface area (Å²) >= 11 is 3.37. The second-order valence-electron chi connectivity index (χ2n) is 4.64. The first-order chi connectivity index (χ1) is 9.70. The maximum absolute atomic E-state index is 10.9. The molecule has 2 rings (SSSR count). The largest absolute Gasteiger partial charge is 0.494 e. The van der Waals surface area contributed by atoms with E-state index in [-0.39, 0.29) is 0 Å². The number of benzene rings is 1. The summed E-state index contributed by atoms with van der Waals surface area (Å²) in [6.07, 6.45) is 0.152. The third-order valence-corrected chi connectivity index (χ3v) is 3.86. The van der Waals surface area contributed by atoms with Gasteiger partial charge in [0.15, 0.2) is 0 Å². The molecule has 5 nitrogen and oxygen atoms in total. The number of anilines is 1. The highest BCUT2D eigenvalue weighted by molar-refractivity contribution is 9.09. The summed E-state index contributed by atoms with van der Waals surface area (Å²) in [5.41, 5.74) is 1.11. The van der Waals surface area contributed by atoms with Gasteiger partial charge in [-0.25, -0.2) is 4.79 Å². The number of alkyl halides is 1. The Hall–Kier alpha value is -1.43. The summed E-state index contributed by atoms with van der Waals surface area (Å²) in [4.78, 5) is 14.5. The lowest BCUT2D eigenvalue weighted by molar-refractivity contribution is 0.142. The van der Waals surface area contributed by atoms with E-state index in [0.717, 1.165) is 36.3 Å². The monoisotopic (exact) mass is 342 g/mol. The second kappa shape index (κ2) is 7.38. The van der Waals surface area contributed by atoms with Crippen LogP contribution < -0.4 is 9.64 Å². The van der Waals surface area contributed by atoms with Crippen molar-refractivity contribution in [3.63, 3.8) is 0 Å². The average Bonchev–Trinajstić information content (AvgIpc) is 2.48. The summed E-state index contributed by atoms with van der Waals surface area (Å²) in [6, 6.07) is 7.99. The smallest absolute Gasteiger partial charge is 0.407 e. The average molecular weight is 343 g/mol. The Morgan fingerprint density at radius 1 is 1.20 bits per heavy atom. The van der Waals surface area contributed by atoms with Crippen LogP contribution in [-0.4, -0.2) is 54.2 Å². The Bertz CT molecular complexity index is 431. The Kier molecular flexibility index (Phi) is 5.52. The van der Waals surface area contributed by atoms with E-state index in [1.807, 2.05) is 24.3 Å². The fourth-order valence-corrected chi connectivity index (χ4v) is 2.38. The molecule has 0 bridgehead atoms. The molecule has 1 saturated heterocycles. The first-order valence-electron chi connectivity index (χ1n) is 6.72. The molecule has 6 heteroatoms. The van der Waals surface area contributed by atoms with E-state index in [0.29, 0.717) is 19.7 Å². The molecule has 1 aromatic carbocycles. The van der Waals surface area contributed by atoms with Crippen molar-refractivity contribution in [2.45, 2.75) is 6.42 Å². The zero-order valence-corrected chi connectivity index (χ0v) is 12.9. The van der Waals surface area contributed by atoms with Crippen molar-refractivity contribution in [3.05, 3.63) is 24.3 Å². The van der Waals surface area contributed by atoms with Crippen LogP contribution in [-0.2, 0) is 0 Å². The first kappa shape index (κ1) is 15.0. The summed E-state index contributed by atoms with van der Waals surface area (Å²) in [5.74, 6) is 0.874. The summed E-state index contributed by atoms with van der Waals surface area (Å²) in [6.45, 7) is 3.28. The molecule has 1 N–H and O–H groups in total. The Morgan fingerprint density at radius 3 is 2.40 bits per heavy atom. The lowest BCUT2D eigenvalue weighted by atomic mass is 10.2. The maximum Gasteiger partial charge on any atom is 0.407 e. The van der Waals surface area contributed by atoms with Gasteiger partial charge in [-0.1, -0.05) is 15.9 Å². The van der Waals surface area contributed by atoms with Gasteiger partial charge in [-0.2, -0.15) is 0 Å². The highest BCUT2D eigenvalue weighted by Gasteiger charge is 2.20. The van der Waals surface area contributed by atoms with Crippen LogP contribution in [0.1, 0.15) is 6.42 Å². The fourth-order valence-electron chi connectivity index (χ4n) is 2.15. The van der Waals surface area contributed by atoms with Crippen molar-refractivity contribution in [1.82, 2.24) is 4.90 Å². The minimum Gasteiger partial charge on any atom is -0.494 e. The molecule has 1 heterocycles. The number of carbonyl (C=O) groups is 1. The highest BCUT2D eigenvalue weighted by Crippen LogP contribution is 2.21. The Balaban J connectivity index is 1.86. The van der Waals surface area contributed by atoms with Crippen LogP contribution in [0.2, 0.25) is 0 Å². The summed E-state index contributed by atoms with van der Waals surface area (Å²) in [7, 11) is 0. The van der Waals surface area contributed by atoms with Crippen molar-refractivity contribution in [2.24, 2.45) is 0 Å². The van der Waals surface area contributed by atoms with Gasteiger partial charge in [-0.3, -0.25) is 0 Å². The minimum absolute atomic E-state index is 0.554. The normalized spacial score (nSPS) is 15.2.